The summed E-state index contributed by atoms with van der Waals surface area (Å²) in [7, 11) is -2.25. The summed E-state index contributed by atoms with van der Waals surface area (Å²) in [5.41, 5.74) is 0.980. The molecule has 0 aliphatic heterocycles. The number of likely N-dealkylation sites (N-methyl/N-ethyl adjacent to an activating group) is 1. The number of hydrogen-bond acceptors (Lipinski definition) is 4. The summed E-state index contributed by atoms with van der Waals surface area (Å²) in [6.45, 7) is 6.60. The van der Waals surface area contributed by atoms with Crippen molar-refractivity contribution in [3.63, 3.8) is 0 Å². The summed E-state index contributed by atoms with van der Waals surface area (Å²) in [5, 5.41) is 2.69. The van der Waals surface area contributed by atoms with Gasteiger partial charge in [-0.3, -0.25) is 4.79 Å². The van der Waals surface area contributed by atoms with Gasteiger partial charge in [0.1, 0.15) is 0 Å². The van der Waals surface area contributed by atoms with Gasteiger partial charge in [-0.05, 0) is 39.3 Å². The van der Waals surface area contributed by atoms with Crippen LogP contribution in [-0.4, -0.2) is 51.5 Å². The highest BCUT2D eigenvalue weighted by molar-refractivity contribution is 7.89. The number of nitrogens with one attached hydrogen (secondary N) is 1. The van der Waals surface area contributed by atoms with Crippen LogP contribution in [0.1, 0.15) is 25.8 Å². The zero-order valence-electron chi connectivity index (χ0n) is 14.2. The van der Waals surface area contributed by atoms with E-state index in [9.17, 15) is 13.2 Å². The molecule has 0 saturated heterocycles. The van der Waals surface area contributed by atoms with Gasteiger partial charge in [0, 0.05) is 20.2 Å². The minimum atomic E-state index is -3.65. The Morgan fingerprint density at radius 1 is 1.26 bits per heavy atom. The third-order valence-electron chi connectivity index (χ3n) is 3.19. The molecule has 1 rings (SSSR count). The van der Waals surface area contributed by atoms with Crippen molar-refractivity contribution in [2.75, 3.05) is 26.7 Å². The lowest BCUT2D eigenvalue weighted by atomic mass is 10.2. The maximum Gasteiger partial charge on any atom is 0.243 e. The molecule has 0 bridgehead atoms. The lowest BCUT2D eigenvalue weighted by Crippen LogP contribution is -2.38. The third-order valence-corrected chi connectivity index (χ3v) is 5.01. The summed E-state index contributed by atoms with van der Waals surface area (Å²) in [4.78, 5) is 12.0. The molecule has 23 heavy (non-hydrogen) atoms. The second-order valence-corrected chi connectivity index (χ2v) is 7.74. The molecule has 0 heterocycles. The van der Waals surface area contributed by atoms with Crippen LogP contribution in [0.2, 0.25) is 0 Å². The van der Waals surface area contributed by atoms with E-state index in [1.807, 2.05) is 20.8 Å². The lowest BCUT2D eigenvalue weighted by Gasteiger charge is -2.17. The Morgan fingerprint density at radius 3 is 2.43 bits per heavy atom. The van der Waals surface area contributed by atoms with Crippen molar-refractivity contribution in [2.45, 2.75) is 38.2 Å². The fraction of sp³-hybridized carbons (Fsp3) is 0.562. The van der Waals surface area contributed by atoms with E-state index in [2.05, 4.69) is 5.32 Å². The van der Waals surface area contributed by atoms with Crippen LogP contribution in [-0.2, 0) is 19.6 Å². The number of hydrogen-bond donors (Lipinski definition) is 1. The SMILES string of the molecule is Cc1ccc(S(=O)(=O)N(C)CC(=O)NCCCOC(C)C)cc1. The number of carbonyl (C=O) groups is 1. The Balaban J connectivity index is 2.46. The molecule has 1 aromatic rings. The molecule has 0 aliphatic carbocycles. The van der Waals surface area contributed by atoms with Crippen LogP contribution < -0.4 is 5.32 Å². The molecule has 130 valence electrons. The molecule has 0 unspecified atom stereocenters. The van der Waals surface area contributed by atoms with Crippen molar-refractivity contribution in [3.8, 4) is 0 Å². The van der Waals surface area contributed by atoms with Gasteiger partial charge in [0.05, 0.1) is 17.5 Å². The Hall–Kier alpha value is -1.44. The van der Waals surface area contributed by atoms with Crippen molar-refractivity contribution in [1.82, 2.24) is 9.62 Å². The second kappa shape index (κ2) is 9.00. The number of nitrogens with zero attached hydrogens (tertiary/aromatic N) is 1. The molecule has 1 amide bonds. The maximum absolute atomic E-state index is 12.4. The van der Waals surface area contributed by atoms with Crippen molar-refractivity contribution < 1.29 is 17.9 Å². The van der Waals surface area contributed by atoms with E-state index in [-0.39, 0.29) is 23.5 Å². The van der Waals surface area contributed by atoms with E-state index in [1.54, 1.807) is 24.3 Å². The third kappa shape index (κ3) is 6.68. The quantitative estimate of drug-likeness (QED) is 0.691. The molecule has 0 aliphatic rings. The average molecular weight is 342 g/mol. The Kier molecular flexibility index (Phi) is 7.67. The van der Waals surface area contributed by atoms with Gasteiger partial charge in [0.15, 0.2) is 0 Å². The minimum absolute atomic E-state index is 0.163. The molecule has 0 atom stereocenters. The normalized spacial score (nSPS) is 11.9. The van der Waals surface area contributed by atoms with Crippen LogP contribution >= 0.6 is 0 Å². The van der Waals surface area contributed by atoms with Crippen molar-refractivity contribution in [3.05, 3.63) is 29.8 Å². The summed E-state index contributed by atoms with van der Waals surface area (Å²) < 4.78 is 31.1. The Morgan fingerprint density at radius 2 is 1.87 bits per heavy atom. The molecular formula is C16H26N2O4S. The number of ether oxygens (including phenoxy) is 1. The zero-order chi connectivity index (χ0) is 17.5. The van der Waals surface area contributed by atoms with Gasteiger partial charge in [0.2, 0.25) is 15.9 Å². The summed E-state index contributed by atoms with van der Waals surface area (Å²) in [6, 6.07) is 6.55. The molecule has 0 radical (unpaired) electrons. The van der Waals surface area contributed by atoms with Gasteiger partial charge in [0.25, 0.3) is 0 Å². The number of carbonyl (C=O) groups excluding carboxylic acids is 1. The maximum atomic E-state index is 12.4. The first-order valence-corrected chi connectivity index (χ1v) is 9.09. The van der Waals surface area contributed by atoms with Crippen LogP contribution in [0.3, 0.4) is 0 Å². The van der Waals surface area contributed by atoms with E-state index in [0.29, 0.717) is 19.6 Å². The van der Waals surface area contributed by atoms with E-state index in [4.69, 9.17) is 4.74 Å². The number of amides is 1. The lowest BCUT2D eigenvalue weighted by molar-refractivity contribution is -0.121. The molecule has 0 fully saturated rings. The molecule has 0 saturated carbocycles. The fourth-order valence-corrected chi connectivity index (χ4v) is 2.98. The first-order chi connectivity index (χ1) is 10.7. The molecule has 7 heteroatoms. The second-order valence-electron chi connectivity index (χ2n) is 5.70. The molecular weight excluding hydrogens is 316 g/mol. The standard InChI is InChI=1S/C16H26N2O4S/c1-13(2)22-11-5-10-17-16(19)12-18(4)23(20,21)15-8-6-14(3)7-9-15/h6-9,13H,5,10-12H2,1-4H3,(H,17,19). The van der Waals surface area contributed by atoms with Crippen LogP contribution in [0, 0.1) is 6.92 Å². The van der Waals surface area contributed by atoms with Crippen LogP contribution in [0.4, 0.5) is 0 Å². The molecule has 0 aromatic heterocycles. The molecule has 0 spiro atoms. The monoisotopic (exact) mass is 342 g/mol. The van der Waals surface area contributed by atoms with E-state index in [1.165, 1.54) is 7.05 Å². The van der Waals surface area contributed by atoms with Gasteiger partial charge >= 0.3 is 0 Å². The minimum Gasteiger partial charge on any atom is -0.379 e. The molecule has 6 nitrogen and oxygen atoms in total. The number of sulfonamides is 1. The summed E-state index contributed by atoms with van der Waals surface area (Å²) >= 11 is 0. The smallest absolute Gasteiger partial charge is 0.243 e. The van der Waals surface area contributed by atoms with Crippen LogP contribution in [0.15, 0.2) is 29.2 Å². The molecule has 1 N–H and O–H groups in total. The van der Waals surface area contributed by atoms with Crippen molar-refractivity contribution in [2.24, 2.45) is 0 Å². The van der Waals surface area contributed by atoms with E-state index < -0.39 is 10.0 Å². The van der Waals surface area contributed by atoms with Gasteiger partial charge in [-0.1, -0.05) is 17.7 Å². The number of aryl methyl sites for hydroxylation is 1. The van der Waals surface area contributed by atoms with Gasteiger partial charge in [-0.2, -0.15) is 4.31 Å². The Labute approximate surface area is 138 Å². The number of rotatable bonds is 9. The van der Waals surface area contributed by atoms with Crippen molar-refractivity contribution >= 4 is 15.9 Å². The van der Waals surface area contributed by atoms with E-state index >= 15 is 0 Å². The molecule has 1 aromatic carbocycles. The van der Waals surface area contributed by atoms with Crippen LogP contribution in [0.5, 0.6) is 0 Å². The highest BCUT2D eigenvalue weighted by Crippen LogP contribution is 2.14. The highest BCUT2D eigenvalue weighted by atomic mass is 32.2. The predicted molar refractivity (Wildman–Crippen MR) is 89.7 cm³/mol. The fourth-order valence-electron chi connectivity index (χ4n) is 1.85. The van der Waals surface area contributed by atoms with E-state index in [0.717, 1.165) is 9.87 Å². The first-order valence-electron chi connectivity index (χ1n) is 7.65. The predicted octanol–water partition coefficient (Wildman–Crippen LogP) is 1.55. The first kappa shape index (κ1) is 19.6. The Bertz CT molecular complexity index is 597. The topological polar surface area (TPSA) is 75.7 Å². The zero-order valence-corrected chi connectivity index (χ0v) is 15.0. The number of benzene rings is 1. The highest BCUT2D eigenvalue weighted by Gasteiger charge is 2.22. The summed E-state index contributed by atoms with van der Waals surface area (Å²) in [5.74, 6) is -0.326. The largest absolute Gasteiger partial charge is 0.379 e. The average Bonchev–Trinajstić information content (AvgIpc) is 2.46. The van der Waals surface area contributed by atoms with Gasteiger partial charge in [-0.15, -0.1) is 0 Å². The van der Waals surface area contributed by atoms with Crippen molar-refractivity contribution in [1.29, 1.82) is 0 Å². The van der Waals surface area contributed by atoms with Crippen LogP contribution in [0.25, 0.3) is 0 Å². The van der Waals surface area contributed by atoms with Gasteiger partial charge < -0.3 is 10.1 Å². The summed E-state index contributed by atoms with van der Waals surface area (Å²) in [6.07, 6.45) is 0.856. The van der Waals surface area contributed by atoms with Gasteiger partial charge in [-0.25, -0.2) is 8.42 Å².